The second-order valence-electron chi connectivity index (χ2n) is 3.06. The number of thiol groups is 1. The fraction of sp³-hybridized carbons (Fsp3) is 0.545. The number of hydrogen-bond donors (Lipinski definition) is 1. The quantitative estimate of drug-likeness (QED) is 0.433. The molecular weight excluding hydrogens is 196 g/mol. The van der Waals surface area contributed by atoms with Gasteiger partial charge in [0.1, 0.15) is 4.75 Å². The molecule has 3 heteroatoms. The van der Waals surface area contributed by atoms with E-state index in [9.17, 15) is 4.79 Å². The lowest BCUT2D eigenvalue weighted by atomic mass is 10.1. The first-order valence-corrected chi connectivity index (χ1v) is 5.23. The van der Waals surface area contributed by atoms with Gasteiger partial charge in [0.05, 0.1) is 6.61 Å². The first-order chi connectivity index (χ1) is 6.54. The van der Waals surface area contributed by atoms with Gasteiger partial charge in [0.25, 0.3) is 0 Å². The van der Waals surface area contributed by atoms with Gasteiger partial charge in [0.15, 0.2) is 0 Å². The molecule has 0 radical (unpaired) electrons. The van der Waals surface area contributed by atoms with Crippen LogP contribution >= 0.6 is 12.6 Å². The molecule has 0 saturated carbocycles. The number of carbonyl (C=O) groups is 1. The summed E-state index contributed by atoms with van der Waals surface area (Å²) in [5, 5.41) is 0. The van der Waals surface area contributed by atoms with E-state index >= 15 is 0 Å². The number of allylic oxidation sites excluding steroid dienone is 3. The Morgan fingerprint density at radius 2 is 2.07 bits per heavy atom. The van der Waals surface area contributed by atoms with Crippen molar-refractivity contribution in [3.8, 4) is 0 Å². The average molecular weight is 214 g/mol. The molecule has 0 aliphatic carbocycles. The molecule has 1 atom stereocenters. The molecule has 14 heavy (non-hydrogen) atoms. The van der Waals surface area contributed by atoms with Crippen LogP contribution in [0.5, 0.6) is 0 Å². The van der Waals surface area contributed by atoms with Gasteiger partial charge in [-0.3, -0.25) is 4.79 Å². The maximum Gasteiger partial charge on any atom is 0.325 e. The van der Waals surface area contributed by atoms with Gasteiger partial charge < -0.3 is 4.74 Å². The van der Waals surface area contributed by atoms with Crippen LogP contribution in [0, 0.1) is 0 Å². The summed E-state index contributed by atoms with van der Waals surface area (Å²) in [5.41, 5.74) is 0. The van der Waals surface area contributed by atoms with Crippen molar-refractivity contribution in [2.24, 2.45) is 0 Å². The molecule has 0 aliphatic heterocycles. The van der Waals surface area contributed by atoms with E-state index in [0.717, 1.165) is 6.42 Å². The van der Waals surface area contributed by atoms with E-state index in [-0.39, 0.29) is 5.97 Å². The van der Waals surface area contributed by atoms with Gasteiger partial charge in [-0.15, -0.1) is 0 Å². The Balaban J connectivity index is 4.24. The molecule has 0 unspecified atom stereocenters. The van der Waals surface area contributed by atoms with Gasteiger partial charge in [-0.1, -0.05) is 31.2 Å². The molecule has 0 spiro atoms. The molecule has 0 amide bonds. The summed E-state index contributed by atoms with van der Waals surface area (Å²) in [6.07, 6.45) is 8.42. The normalized spacial score (nSPS) is 16.0. The lowest BCUT2D eigenvalue weighted by Crippen LogP contribution is -2.28. The fourth-order valence-corrected chi connectivity index (χ4v) is 0.953. The van der Waals surface area contributed by atoms with Crippen LogP contribution in [0.3, 0.4) is 0 Å². The van der Waals surface area contributed by atoms with Crippen LogP contribution in [-0.2, 0) is 9.53 Å². The molecule has 0 saturated heterocycles. The van der Waals surface area contributed by atoms with Crippen molar-refractivity contribution < 1.29 is 9.53 Å². The topological polar surface area (TPSA) is 26.3 Å². The van der Waals surface area contributed by atoms with Gasteiger partial charge in [0.2, 0.25) is 0 Å². The first-order valence-electron chi connectivity index (χ1n) is 4.78. The molecular formula is C11H18O2S. The highest BCUT2D eigenvalue weighted by atomic mass is 32.1. The minimum absolute atomic E-state index is 0.315. The van der Waals surface area contributed by atoms with Crippen LogP contribution in [-0.4, -0.2) is 17.3 Å². The third-order valence-electron chi connectivity index (χ3n) is 1.59. The van der Waals surface area contributed by atoms with E-state index in [1.54, 1.807) is 19.9 Å². The van der Waals surface area contributed by atoms with Crippen LogP contribution in [0.15, 0.2) is 24.3 Å². The van der Waals surface area contributed by atoms with Crippen molar-refractivity contribution in [2.75, 3.05) is 6.61 Å². The Morgan fingerprint density at radius 1 is 1.43 bits per heavy atom. The Labute approximate surface area is 91.4 Å². The summed E-state index contributed by atoms with van der Waals surface area (Å²) in [5.74, 6) is -0.315. The number of hydrogen-bond acceptors (Lipinski definition) is 3. The number of ether oxygens (including phenoxy) is 1. The number of rotatable bonds is 5. The highest BCUT2D eigenvalue weighted by Gasteiger charge is 2.26. The van der Waals surface area contributed by atoms with Crippen molar-refractivity contribution in [2.45, 2.75) is 31.9 Å². The minimum Gasteiger partial charge on any atom is -0.465 e. The summed E-state index contributed by atoms with van der Waals surface area (Å²) in [6, 6.07) is 0. The number of carbonyl (C=O) groups excluding carboxylic acids is 1. The maximum absolute atomic E-state index is 11.4. The molecule has 0 heterocycles. The molecule has 0 N–H and O–H groups in total. The smallest absolute Gasteiger partial charge is 0.325 e. The highest BCUT2D eigenvalue weighted by molar-refractivity contribution is 7.82. The average Bonchev–Trinajstić information content (AvgIpc) is 2.13. The van der Waals surface area contributed by atoms with Crippen molar-refractivity contribution in [3.05, 3.63) is 24.3 Å². The van der Waals surface area contributed by atoms with Gasteiger partial charge in [-0.2, -0.15) is 12.6 Å². The molecule has 0 aromatic rings. The van der Waals surface area contributed by atoms with Crippen molar-refractivity contribution in [3.63, 3.8) is 0 Å². The third kappa shape index (κ3) is 5.12. The summed E-state index contributed by atoms with van der Waals surface area (Å²) in [6.45, 7) is 5.93. The lowest BCUT2D eigenvalue weighted by Gasteiger charge is -2.16. The van der Waals surface area contributed by atoms with Crippen LogP contribution in [0.25, 0.3) is 0 Å². The van der Waals surface area contributed by atoms with Crippen molar-refractivity contribution in [1.82, 2.24) is 0 Å². The van der Waals surface area contributed by atoms with E-state index in [1.807, 2.05) is 18.2 Å². The highest BCUT2D eigenvalue weighted by Crippen LogP contribution is 2.17. The van der Waals surface area contributed by atoms with Gasteiger partial charge >= 0.3 is 5.97 Å². The van der Waals surface area contributed by atoms with Gasteiger partial charge in [-0.25, -0.2) is 0 Å². The molecule has 0 bridgehead atoms. The minimum atomic E-state index is -0.839. The van der Waals surface area contributed by atoms with Crippen LogP contribution in [0.2, 0.25) is 0 Å². The molecule has 0 rings (SSSR count). The van der Waals surface area contributed by atoms with E-state index in [2.05, 4.69) is 19.6 Å². The predicted molar refractivity (Wildman–Crippen MR) is 62.6 cm³/mol. The van der Waals surface area contributed by atoms with Crippen LogP contribution in [0.4, 0.5) is 0 Å². The number of esters is 1. The Kier molecular flexibility index (Phi) is 6.37. The largest absolute Gasteiger partial charge is 0.465 e. The molecule has 0 aromatic heterocycles. The second kappa shape index (κ2) is 6.71. The molecule has 0 fully saturated rings. The molecule has 0 aliphatic rings. The standard InChI is InChI=1S/C11H18O2S/c1-4-6-7-8-9-11(3,14)10(12)13-5-2/h6-9,14H,4-5H2,1-3H3/b7-6+,9-8+/t11-/m1/s1. The maximum atomic E-state index is 11.4. The summed E-state index contributed by atoms with van der Waals surface area (Å²) in [7, 11) is 0. The van der Waals surface area contributed by atoms with Crippen molar-refractivity contribution in [1.29, 1.82) is 0 Å². The predicted octanol–water partition coefficient (Wildman–Crippen LogP) is 2.76. The Hall–Kier alpha value is -0.700. The zero-order chi connectivity index (χ0) is 11.0. The summed E-state index contributed by atoms with van der Waals surface area (Å²) < 4.78 is 4.03. The van der Waals surface area contributed by atoms with Crippen molar-refractivity contribution >= 4 is 18.6 Å². The van der Waals surface area contributed by atoms with Gasteiger partial charge in [0, 0.05) is 0 Å². The first kappa shape index (κ1) is 13.3. The van der Waals surface area contributed by atoms with E-state index in [1.165, 1.54) is 0 Å². The zero-order valence-electron chi connectivity index (χ0n) is 8.99. The van der Waals surface area contributed by atoms with Gasteiger partial charge in [-0.05, 0) is 20.3 Å². The van der Waals surface area contributed by atoms with Crippen LogP contribution < -0.4 is 0 Å². The summed E-state index contributed by atoms with van der Waals surface area (Å²) >= 11 is 4.22. The lowest BCUT2D eigenvalue weighted by molar-refractivity contribution is -0.144. The van der Waals surface area contributed by atoms with E-state index in [0.29, 0.717) is 6.61 Å². The molecule has 0 aromatic carbocycles. The Morgan fingerprint density at radius 3 is 2.57 bits per heavy atom. The van der Waals surface area contributed by atoms with Crippen LogP contribution in [0.1, 0.15) is 27.2 Å². The zero-order valence-corrected chi connectivity index (χ0v) is 9.88. The fourth-order valence-electron chi connectivity index (χ4n) is 0.803. The molecule has 2 nitrogen and oxygen atoms in total. The molecule has 80 valence electrons. The SMILES string of the molecule is CC/C=C/C=C/[C@@](C)(S)C(=O)OCC. The second-order valence-corrected chi connectivity index (χ2v) is 3.99. The third-order valence-corrected chi connectivity index (χ3v) is 1.92. The summed E-state index contributed by atoms with van der Waals surface area (Å²) in [4.78, 5) is 11.4. The van der Waals surface area contributed by atoms with E-state index in [4.69, 9.17) is 4.74 Å². The monoisotopic (exact) mass is 214 g/mol. The Bertz CT molecular complexity index is 229. The van der Waals surface area contributed by atoms with E-state index < -0.39 is 4.75 Å².